The molecule has 0 saturated heterocycles. The molecule has 6 nitrogen and oxygen atoms in total. The first-order valence-corrected chi connectivity index (χ1v) is 5.13. The van der Waals surface area contributed by atoms with Gasteiger partial charge >= 0.3 is 5.97 Å². The highest BCUT2D eigenvalue weighted by molar-refractivity contribution is 5.88. The van der Waals surface area contributed by atoms with Gasteiger partial charge in [-0.05, 0) is 24.3 Å². The van der Waals surface area contributed by atoms with Crippen LogP contribution in [0.3, 0.4) is 0 Å². The third kappa shape index (κ3) is 2.81. The summed E-state index contributed by atoms with van der Waals surface area (Å²) in [6.45, 7) is 0. The molecular formula is C12H7FN4O2. The van der Waals surface area contributed by atoms with Crippen LogP contribution in [-0.4, -0.2) is 21.0 Å². The average molecular weight is 258 g/mol. The number of halogens is 1. The zero-order valence-electron chi connectivity index (χ0n) is 9.46. The number of rotatable bonds is 3. The molecule has 0 radical (unpaired) electrons. The Morgan fingerprint density at radius 1 is 1.42 bits per heavy atom. The van der Waals surface area contributed by atoms with Crippen molar-refractivity contribution in [2.24, 2.45) is 0 Å². The number of nitriles is 1. The molecule has 1 aromatic carbocycles. The first kappa shape index (κ1) is 12.4. The number of anilines is 2. The highest BCUT2D eigenvalue weighted by Crippen LogP contribution is 2.17. The first-order chi connectivity index (χ1) is 9.10. The number of carbonyl (C=O) groups is 1. The number of carboxylic acids is 1. The van der Waals surface area contributed by atoms with Crippen LogP contribution in [0.5, 0.6) is 0 Å². The van der Waals surface area contributed by atoms with Crippen LogP contribution in [0.4, 0.5) is 16.0 Å². The monoisotopic (exact) mass is 258 g/mol. The molecule has 0 aliphatic carbocycles. The van der Waals surface area contributed by atoms with Crippen LogP contribution in [0.15, 0.2) is 30.5 Å². The van der Waals surface area contributed by atoms with Crippen molar-refractivity contribution in [3.8, 4) is 6.07 Å². The fourth-order valence-corrected chi connectivity index (χ4v) is 1.38. The molecule has 0 fully saturated rings. The van der Waals surface area contributed by atoms with Crippen molar-refractivity contribution < 1.29 is 14.3 Å². The molecule has 0 bridgehead atoms. The molecule has 7 heteroatoms. The van der Waals surface area contributed by atoms with Gasteiger partial charge in [0.2, 0.25) is 5.95 Å². The number of aromatic nitrogens is 2. The van der Waals surface area contributed by atoms with Gasteiger partial charge in [0.05, 0.1) is 5.56 Å². The summed E-state index contributed by atoms with van der Waals surface area (Å²) in [5.74, 6) is -2.08. The Kier molecular flexibility index (Phi) is 3.34. The molecule has 94 valence electrons. The maximum atomic E-state index is 13.4. The van der Waals surface area contributed by atoms with Crippen LogP contribution in [0, 0.1) is 17.1 Å². The zero-order chi connectivity index (χ0) is 13.8. The van der Waals surface area contributed by atoms with Crippen molar-refractivity contribution in [3.63, 3.8) is 0 Å². The van der Waals surface area contributed by atoms with Crippen LogP contribution in [-0.2, 0) is 0 Å². The SMILES string of the molecule is N#Cc1ccnc(Nc2ccc(C(=O)O)c(F)c2)n1. The van der Waals surface area contributed by atoms with Gasteiger partial charge in [-0.3, -0.25) is 0 Å². The Labute approximate surface area is 107 Å². The Bertz CT molecular complexity index is 682. The van der Waals surface area contributed by atoms with E-state index in [2.05, 4.69) is 15.3 Å². The van der Waals surface area contributed by atoms with E-state index < -0.39 is 17.3 Å². The summed E-state index contributed by atoms with van der Waals surface area (Å²) in [5, 5.41) is 20.0. The molecule has 0 spiro atoms. The highest BCUT2D eigenvalue weighted by Gasteiger charge is 2.10. The lowest BCUT2D eigenvalue weighted by Crippen LogP contribution is -2.02. The minimum atomic E-state index is -1.34. The van der Waals surface area contributed by atoms with E-state index in [0.29, 0.717) is 0 Å². The van der Waals surface area contributed by atoms with Crippen molar-refractivity contribution >= 4 is 17.6 Å². The van der Waals surface area contributed by atoms with Gasteiger partial charge in [-0.2, -0.15) is 5.26 Å². The van der Waals surface area contributed by atoms with E-state index in [1.165, 1.54) is 18.3 Å². The smallest absolute Gasteiger partial charge is 0.338 e. The van der Waals surface area contributed by atoms with Gasteiger partial charge in [-0.25, -0.2) is 19.2 Å². The number of nitrogens with zero attached hydrogens (tertiary/aromatic N) is 3. The normalized spacial score (nSPS) is 9.68. The summed E-state index contributed by atoms with van der Waals surface area (Å²) in [6.07, 6.45) is 1.38. The van der Waals surface area contributed by atoms with Crippen LogP contribution in [0.1, 0.15) is 16.1 Å². The third-order valence-corrected chi connectivity index (χ3v) is 2.23. The molecule has 1 heterocycles. The van der Waals surface area contributed by atoms with Gasteiger partial charge in [0, 0.05) is 11.9 Å². The molecule has 1 aromatic heterocycles. The van der Waals surface area contributed by atoms with E-state index in [-0.39, 0.29) is 17.3 Å². The van der Waals surface area contributed by atoms with Crippen molar-refractivity contribution in [1.82, 2.24) is 9.97 Å². The van der Waals surface area contributed by atoms with E-state index in [9.17, 15) is 9.18 Å². The van der Waals surface area contributed by atoms with Crippen LogP contribution in [0.2, 0.25) is 0 Å². The quantitative estimate of drug-likeness (QED) is 0.872. The van der Waals surface area contributed by atoms with Gasteiger partial charge in [0.25, 0.3) is 0 Å². The van der Waals surface area contributed by atoms with Gasteiger partial charge in [0.15, 0.2) is 0 Å². The fraction of sp³-hybridized carbons (Fsp3) is 0. The predicted octanol–water partition coefficient (Wildman–Crippen LogP) is 1.93. The van der Waals surface area contributed by atoms with Crippen molar-refractivity contribution in [2.75, 3.05) is 5.32 Å². The summed E-state index contributed by atoms with van der Waals surface area (Å²) < 4.78 is 13.4. The first-order valence-electron chi connectivity index (χ1n) is 5.13. The number of aromatic carboxylic acids is 1. The predicted molar refractivity (Wildman–Crippen MR) is 63.4 cm³/mol. The summed E-state index contributed by atoms with van der Waals surface area (Å²) in [4.78, 5) is 18.4. The molecule has 2 N–H and O–H groups in total. The van der Waals surface area contributed by atoms with E-state index >= 15 is 0 Å². The minimum Gasteiger partial charge on any atom is -0.478 e. The maximum absolute atomic E-state index is 13.4. The zero-order valence-corrected chi connectivity index (χ0v) is 9.46. The van der Waals surface area contributed by atoms with Gasteiger partial charge in [-0.15, -0.1) is 0 Å². The summed E-state index contributed by atoms with van der Waals surface area (Å²) >= 11 is 0. The highest BCUT2D eigenvalue weighted by atomic mass is 19.1. The number of hydrogen-bond donors (Lipinski definition) is 2. The summed E-state index contributed by atoms with van der Waals surface area (Å²) in [5.41, 5.74) is 0.0370. The molecule has 0 unspecified atom stereocenters. The average Bonchev–Trinajstić information content (AvgIpc) is 2.38. The molecule has 0 amide bonds. The number of hydrogen-bond acceptors (Lipinski definition) is 5. The second-order valence-electron chi connectivity index (χ2n) is 3.50. The van der Waals surface area contributed by atoms with Crippen molar-refractivity contribution in [3.05, 3.63) is 47.5 Å². The second-order valence-corrected chi connectivity index (χ2v) is 3.50. The van der Waals surface area contributed by atoms with Gasteiger partial charge < -0.3 is 10.4 Å². The minimum absolute atomic E-state index is 0.126. The van der Waals surface area contributed by atoms with E-state index in [1.54, 1.807) is 0 Å². The molecule has 0 atom stereocenters. The van der Waals surface area contributed by atoms with E-state index in [4.69, 9.17) is 10.4 Å². The molecule has 0 saturated carbocycles. The van der Waals surface area contributed by atoms with Gasteiger partial charge in [-0.1, -0.05) is 0 Å². The summed E-state index contributed by atoms with van der Waals surface area (Å²) in [6, 6.07) is 6.81. The molecule has 2 rings (SSSR count). The van der Waals surface area contributed by atoms with Gasteiger partial charge in [0.1, 0.15) is 17.6 Å². The lowest BCUT2D eigenvalue weighted by Gasteiger charge is -2.05. The summed E-state index contributed by atoms with van der Waals surface area (Å²) in [7, 11) is 0. The topological polar surface area (TPSA) is 98.9 Å². The van der Waals surface area contributed by atoms with Crippen molar-refractivity contribution in [1.29, 1.82) is 5.26 Å². The Morgan fingerprint density at radius 2 is 2.21 bits per heavy atom. The maximum Gasteiger partial charge on any atom is 0.338 e. The largest absolute Gasteiger partial charge is 0.478 e. The van der Waals surface area contributed by atoms with Crippen LogP contribution in [0.25, 0.3) is 0 Å². The Morgan fingerprint density at radius 3 is 2.84 bits per heavy atom. The molecular weight excluding hydrogens is 251 g/mol. The molecule has 0 aliphatic rings. The second kappa shape index (κ2) is 5.10. The lowest BCUT2D eigenvalue weighted by molar-refractivity contribution is 0.0692. The third-order valence-electron chi connectivity index (χ3n) is 2.23. The van der Waals surface area contributed by atoms with Crippen LogP contribution < -0.4 is 5.32 Å². The standard InChI is InChI=1S/C12H7FN4O2/c13-10-5-7(1-2-9(10)11(18)19)16-12-15-4-3-8(6-14)17-12/h1-5H,(H,18,19)(H,15,16,17). The van der Waals surface area contributed by atoms with Crippen molar-refractivity contribution in [2.45, 2.75) is 0 Å². The van der Waals surface area contributed by atoms with E-state index in [1.807, 2.05) is 6.07 Å². The number of nitrogens with one attached hydrogen (secondary N) is 1. The number of carboxylic acid groups (broad SMARTS) is 1. The molecule has 2 aromatic rings. The Hall–Kier alpha value is -3.01. The fourth-order valence-electron chi connectivity index (χ4n) is 1.38. The molecule has 19 heavy (non-hydrogen) atoms. The van der Waals surface area contributed by atoms with Crippen LogP contribution >= 0.6 is 0 Å². The Balaban J connectivity index is 2.26. The van der Waals surface area contributed by atoms with E-state index in [0.717, 1.165) is 12.1 Å². The lowest BCUT2D eigenvalue weighted by atomic mass is 10.2. The molecule has 0 aliphatic heterocycles. The number of benzene rings is 1.